The molecule has 1 heterocycles. The van der Waals surface area contributed by atoms with Crippen molar-refractivity contribution in [3.8, 4) is 0 Å². The Kier molecular flexibility index (Phi) is 1.83. The van der Waals surface area contributed by atoms with Crippen LogP contribution < -0.4 is 0 Å². The maximum atomic E-state index is 4.43. The van der Waals surface area contributed by atoms with Gasteiger partial charge in [0.2, 0.25) is 0 Å². The van der Waals surface area contributed by atoms with Gasteiger partial charge in [-0.2, -0.15) is 5.10 Å². The topological polar surface area (TPSA) is 17.8 Å². The summed E-state index contributed by atoms with van der Waals surface area (Å²) in [4.78, 5) is 0. The number of rotatable bonds is 1. The first-order chi connectivity index (χ1) is 6.20. The van der Waals surface area contributed by atoms with Crippen LogP contribution in [0.2, 0.25) is 0 Å². The van der Waals surface area contributed by atoms with E-state index in [1.165, 1.54) is 11.1 Å². The van der Waals surface area contributed by atoms with Crippen LogP contribution in [0.15, 0.2) is 18.2 Å². The van der Waals surface area contributed by atoms with Crippen LogP contribution in [0.5, 0.6) is 0 Å². The van der Waals surface area contributed by atoms with Gasteiger partial charge in [-0.25, -0.2) is 0 Å². The average molecular weight is 173 g/mol. The average Bonchev–Trinajstić information content (AvgIpc) is 2.39. The standard InChI is InChI=1S/C11H13N2/c1-8(2)11-9-6-4-5-7-10(9)12-13(11)3/h5-8H,1-3H3. The second-order valence-electron chi connectivity index (χ2n) is 3.61. The molecule has 0 atom stereocenters. The van der Waals surface area contributed by atoms with Crippen molar-refractivity contribution in [2.75, 3.05) is 0 Å². The van der Waals surface area contributed by atoms with Crippen LogP contribution in [0, 0.1) is 6.07 Å². The Balaban J connectivity index is 2.78. The molecular weight excluding hydrogens is 160 g/mol. The van der Waals surface area contributed by atoms with Gasteiger partial charge in [0.15, 0.2) is 0 Å². The summed E-state index contributed by atoms with van der Waals surface area (Å²) < 4.78 is 1.96. The molecule has 0 aliphatic carbocycles. The summed E-state index contributed by atoms with van der Waals surface area (Å²) in [6.45, 7) is 4.37. The Morgan fingerprint density at radius 2 is 2.23 bits per heavy atom. The minimum absolute atomic E-state index is 0.505. The Labute approximate surface area is 78.2 Å². The Morgan fingerprint density at radius 3 is 2.92 bits per heavy atom. The van der Waals surface area contributed by atoms with Gasteiger partial charge in [-0.3, -0.25) is 4.68 Å². The lowest BCUT2D eigenvalue weighted by molar-refractivity contribution is 0.677. The number of benzene rings is 1. The molecule has 0 amide bonds. The van der Waals surface area contributed by atoms with Crippen molar-refractivity contribution in [3.63, 3.8) is 0 Å². The molecule has 2 aromatic rings. The van der Waals surface area contributed by atoms with E-state index in [2.05, 4.69) is 25.0 Å². The van der Waals surface area contributed by atoms with Gasteiger partial charge in [0.05, 0.1) is 5.52 Å². The minimum Gasteiger partial charge on any atom is -0.271 e. The molecule has 1 aromatic heterocycles. The molecule has 2 nitrogen and oxygen atoms in total. The van der Waals surface area contributed by atoms with E-state index < -0.39 is 0 Å². The van der Waals surface area contributed by atoms with Gasteiger partial charge in [0.1, 0.15) is 0 Å². The highest BCUT2D eigenvalue weighted by atomic mass is 15.3. The Morgan fingerprint density at radius 1 is 1.46 bits per heavy atom. The van der Waals surface area contributed by atoms with E-state index in [0.29, 0.717) is 5.92 Å². The zero-order valence-corrected chi connectivity index (χ0v) is 8.20. The molecule has 0 saturated carbocycles. The first kappa shape index (κ1) is 8.30. The third-order valence-electron chi connectivity index (χ3n) is 2.27. The molecule has 0 unspecified atom stereocenters. The Bertz CT molecular complexity index is 427. The largest absolute Gasteiger partial charge is 0.271 e. The van der Waals surface area contributed by atoms with E-state index in [0.717, 1.165) is 5.52 Å². The molecule has 0 fully saturated rings. The second-order valence-corrected chi connectivity index (χ2v) is 3.61. The molecule has 0 bridgehead atoms. The quantitative estimate of drug-likeness (QED) is 0.647. The highest BCUT2D eigenvalue weighted by Crippen LogP contribution is 2.23. The molecule has 2 rings (SSSR count). The van der Waals surface area contributed by atoms with Crippen LogP contribution in [0.4, 0.5) is 0 Å². The van der Waals surface area contributed by atoms with Crippen LogP contribution >= 0.6 is 0 Å². The summed E-state index contributed by atoms with van der Waals surface area (Å²) in [5.41, 5.74) is 2.34. The predicted octanol–water partition coefficient (Wildman–Crippen LogP) is 2.50. The van der Waals surface area contributed by atoms with Crippen molar-refractivity contribution in [2.45, 2.75) is 19.8 Å². The predicted molar refractivity (Wildman–Crippen MR) is 53.6 cm³/mol. The molecular formula is C11H13N2. The zero-order valence-electron chi connectivity index (χ0n) is 8.20. The maximum Gasteiger partial charge on any atom is 0.0926 e. The summed E-state index contributed by atoms with van der Waals surface area (Å²) in [5.74, 6) is 0.505. The van der Waals surface area contributed by atoms with Crippen molar-refractivity contribution in [3.05, 3.63) is 30.0 Å². The molecule has 2 heteroatoms. The van der Waals surface area contributed by atoms with E-state index in [-0.39, 0.29) is 0 Å². The van der Waals surface area contributed by atoms with E-state index in [9.17, 15) is 0 Å². The van der Waals surface area contributed by atoms with Gasteiger partial charge in [-0.1, -0.05) is 19.9 Å². The lowest BCUT2D eigenvalue weighted by atomic mass is 10.1. The molecule has 0 spiro atoms. The third-order valence-corrected chi connectivity index (χ3v) is 2.27. The van der Waals surface area contributed by atoms with Gasteiger partial charge >= 0.3 is 0 Å². The molecule has 0 saturated heterocycles. The minimum atomic E-state index is 0.505. The van der Waals surface area contributed by atoms with Crippen molar-refractivity contribution in [2.24, 2.45) is 7.05 Å². The summed E-state index contributed by atoms with van der Waals surface area (Å²) in [6, 6.07) is 9.01. The number of hydrogen-bond donors (Lipinski definition) is 0. The van der Waals surface area contributed by atoms with E-state index in [1.807, 2.05) is 29.9 Å². The van der Waals surface area contributed by atoms with Crippen LogP contribution in [-0.4, -0.2) is 9.78 Å². The van der Waals surface area contributed by atoms with Crippen LogP contribution in [0.25, 0.3) is 10.9 Å². The summed E-state index contributed by atoms with van der Waals surface area (Å²) in [7, 11) is 2.00. The highest BCUT2D eigenvalue weighted by Gasteiger charge is 2.10. The van der Waals surface area contributed by atoms with Gasteiger partial charge in [-0.05, 0) is 24.1 Å². The fraction of sp³-hybridized carbons (Fsp3) is 0.364. The van der Waals surface area contributed by atoms with Crippen molar-refractivity contribution in [1.82, 2.24) is 9.78 Å². The van der Waals surface area contributed by atoms with Crippen molar-refractivity contribution in [1.29, 1.82) is 0 Å². The normalized spacial score (nSPS) is 11.4. The molecule has 1 radical (unpaired) electrons. The monoisotopic (exact) mass is 173 g/mol. The zero-order chi connectivity index (χ0) is 9.42. The maximum absolute atomic E-state index is 4.43. The van der Waals surface area contributed by atoms with E-state index in [1.54, 1.807) is 0 Å². The van der Waals surface area contributed by atoms with E-state index >= 15 is 0 Å². The van der Waals surface area contributed by atoms with Crippen LogP contribution in [0.1, 0.15) is 25.5 Å². The highest BCUT2D eigenvalue weighted by molar-refractivity contribution is 5.81. The Hall–Kier alpha value is -1.31. The van der Waals surface area contributed by atoms with Crippen molar-refractivity contribution < 1.29 is 0 Å². The first-order valence-corrected chi connectivity index (χ1v) is 4.53. The van der Waals surface area contributed by atoms with Gasteiger partial charge in [0, 0.05) is 18.1 Å². The van der Waals surface area contributed by atoms with Crippen LogP contribution in [0.3, 0.4) is 0 Å². The molecule has 1 aromatic carbocycles. The molecule has 0 aliphatic heterocycles. The van der Waals surface area contributed by atoms with Gasteiger partial charge in [0.25, 0.3) is 0 Å². The fourth-order valence-corrected chi connectivity index (χ4v) is 1.79. The number of aromatic nitrogens is 2. The summed E-state index contributed by atoms with van der Waals surface area (Å²) in [6.07, 6.45) is 0. The smallest absolute Gasteiger partial charge is 0.0926 e. The van der Waals surface area contributed by atoms with Gasteiger partial charge < -0.3 is 0 Å². The SMILES string of the molecule is CC(C)c1c2c[c]ccc2nn1C. The number of fused-ring (bicyclic) bond motifs is 1. The lowest BCUT2D eigenvalue weighted by Gasteiger charge is -2.05. The first-order valence-electron chi connectivity index (χ1n) is 4.53. The lowest BCUT2D eigenvalue weighted by Crippen LogP contribution is -1.99. The molecule has 0 aliphatic rings. The van der Waals surface area contributed by atoms with Crippen LogP contribution in [-0.2, 0) is 7.05 Å². The number of aryl methyl sites for hydroxylation is 1. The fourth-order valence-electron chi connectivity index (χ4n) is 1.79. The molecule has 0 N–H and O–H groups in total. The number of nitrogens with zero attached hydrogens (tertiary/aromatic N) is 2. The molecule has 67 valence electrons. The summed E-state index contributed by atoms with van der Waals surface area (Å²) >= 11 is 0. The van der Waals surface area contributed by atoms with E-state index in [4.69, 9.17) is 0 Å². The van der Waals surface area contributed by atoms with Crippen molar-refractivity contribution >= 4 is 10.9 Å². The molecule has 13 heavy (non-hydrogen) atoms. The third kappa shape index (κ3) is 1.22. The number of hydrogen-bond acceptors (Lipinski definition) is 1. The van der Waals surface area contributed by atoms with Gasteiger partial charge in [-0.15, -0.1) is 0 Å². The second kappa shape index (κ2) is 2.87. The summed E-state index contributed by atoms with van der Waals surface area (Å²) in [5, 5.41) is 5.65.